The van der Waals surface area contributed by atoms with Crippen LogP contribution in [0.2, 0.25) is 0 Å². The first-order chi connectivity index (χ1) is 21.4. The molecule has 0 aliphatic carbocycles. The molecule has 5 rings (SSSR count). The van der Waals surface area contributed by atoms with Gasteiger partial charge >= 0.3 is 12.3 Å². The van der Waals surface area contributed by atoms with Crippen molar-refractivity contribution in [2.45, 2.75) is 68.1 Å². The van der Waals surface area contributed by atoms with Crippen LogP contribution in [0.15, 0.2) is 34.8 Å². The molecule has 12 nitrogen and oxygen atoms in total. The van der Waals surface area contributed by atoms with E-state index in [0.717, 1.165) is 48.2 Å². The number of aromatic nitrogens is 2. The Kier molecular flexibility index (Phi) is 9.69. The van der Waals surface area contributed by atoms with Gasteiger partial charge in [0, 0.05) is 37.6 Å². The van der Waals surface area contributed by atoms with Crippen molar-refractivity contribution in [2.24, 2.45) is 0 Å². The van der Waals surface area contributed by atoms with Crippen LogP contribution in [0, 0.1) is 0 Å². The average Bonchev–Trinajstić information content (AvgIpc) is 3.74. The molecular formula is C28H33F3N6O6S2. The van der Waals surface area contributed by atoms with E-state index in [1.807, 2.05) is 11.8 Å². The van der Waals surface area contributed by atoms with E-state index in [9.17, 15) is 31.2 Å². The second kappa shape index (κ2) is 13.3. The fourth-order valence-corrected chi connectivity index (χ4v) is 7.80. The number of sulfonamides is 1. The number of hydrogen-bond acceptors (Lipinski definition) is 11. The first-order valence-electron chi connectivity index (χ1n) is 14.5. The molecule has 2 atom stereocenters. The number of esters is 1. The molecule has 244 valence electrons. The van der Waals surface area contributed by atoms with Crippen molar-refractivity contribution in [3.63, 3.8) is 0 Å². The van der Waals surface area contributed by atoms with Gasteiger partial charge in [-0.1, -0.05) is 24.7 Å². The number of nitrogens with two attached hydrogens (primary N) is 1. The highest BCUT2D eigenvalue weighted by Crippen LogP contribution is 2.35. The van der Waals surface area contributed by atoms with Crippen molar-refractivity contribution in [3.05, 3.63) is 36.2 Å². The van der Waals surface area contributed by atoms with Crippen molar-refractivity contribution in [3.8, 4) is 5.75 Å². The Morgan fingerprint density at radius 1 is 1.22 bits per heavy atom. The van der Waals surface area contributed by atoms with Crippen molar-refractivity contribution >= 4 is 55.0 Å². The number of ether oxygens (including phenoxy) is 2. The van der Waals surface area contributed by atoms with E-state index in [-0.39, 0.29) is 40.5 Å². The molecule has 0 spiro atoms. The zero-order valence-corrected chi connectivity index (χ0v) is 26.0. The van der Waals surface area contributed by atoms with E-state index in [1.165, 1.54) is 18.5 Å². The van der Waals surface area contributed by atoms with Crippen molar-refractivity contribution < 1.29 is 40.7 Å². The highest BCUT2D eigenvalue weighted by Gasteiger charge is 2.42. The second-order valence-electron chi connectivity index (χ2n) is 10.8. The number of carbonyl (C=O) groups excluding carboxylic acids is 2. The second-order valence-corrected chi connectivity index (χ2v) is 13.8. The number of alkyl halides is 3. The summed E-state index contributed by atoms with van der Waals surface area (Å²) in [5.41, 5.74) is 5.85. The summed E-state index contributed by atoms with van der Waals surface area (Å²) in [5, 5.41) is 1.23. The zero-order chi connectivity index (χ0) is 32.4. The minimum absolute atomic E-state index is 0.0139. The fraction of sp³-hybridized carbons (Fsp3) is 0.500. The first kappa shape index (κ1) is 32.7. The molecular weight excluding hydrogens is 637 g/mol. The van der Waals surface area contributed by atoms with Gasteiger partial charge in [-0.05, 0) is 54.8 Å². The van der Waals surface area contributed by atoms with E-state index in [2.05, 4.69) is 19.4 Å². The van der Waals surface area contributed by atoms with Crippen LogP contribution in [0.3, 0.4) is 0 Å². The van der Waals surface area contributed by atoms with Crippen LogP contribution in [0.4, 0.5) is 24.1 Å². The number of halogens is 3. The van der Waals surface area contributed by atoms with Gasteiger partial charge in [-0.25, -0.2) is 23.2 Å². The van der Waals surface area contributed by atoms with Gasteiger partial charge in [0.15, 0.2) is 9.34 Å². The molecule has 3 aromatic rings. The number of unbranched alkanes of at least 4 members (excludes halogenated alkanes) is 1. The average molecular weight is 671 g/mol. The van der Waals surface area contributed by atoms with E-state index >= 15 is 0 Å². The number of likely N-dealkylation sites (tertiary alicyclic amines) is 1. The minimum Gasteiger partial charge on any atom is -0.464 e. The van der Waals surface area contributed by atoms with Crippen LogP contribution in [-0.2, 0) is 30.8 Å². The number of amides is 1. The van der Waals surface area contributed by atoms with E-state index < -0.39 is 52.5 Å². The molecule has 0 radical (unpaired) electrons. The number of benzene rings is 1. The number of carbonyl (C=O) groups is 2. The van der Waals surface area contributed by atoms with Gasteiger partial charge in [0.25, 0.3) is 10.0 Å². The maximum absolute atomic E-state index is 13.6. The summed E-state index contributed by atoms with van der Waals surface area (Å²) in [7, 11) is -4.13. The van der Waals surface area contributed by atoms with Crippen LogP contribution in [0.25, 0.3) is 10.8 Å². The van der Waals surface area contributed by atoms with Crippen LogP contribution in [0.1, 0.15) is 44.6 Å². The summed E-state index contributed by atoms with van der Waals surface area (Å²) >= 11 is 1.00. The molecule has 45 heavy (non-hydrogen) atoms. The normalized spacial score (nSPS) is 18.1. The highest BCUT2D eigenvalue weighted by molar-refractivity contribution is 7.91. The molecule has 2 saturated heterocycles. The zero-order valence-electron chi connectivity index (χ0n) is 24.4. The molecule has 4 heterocycles. The van der Waals surface area contributed by atoms with Crippen molar-refractivity contribution in [1.82, 2.24) is 19.6 Å². The number of anilines is 2. The number of nitrogen functional groups attached to an aromatic ring is 1. The Hall–Kier alpha value is -3.70. The van der Waals surface area contributed by atoms with Gasteiger partial charge in [0.05, 0.1) is 12.8 Å². The number of rotatable bonds is 12. The monoisotopic (exact) mass is 670 g/mol. The number of nitrogens with one attached hydrogen (secondary N) is 1. The topological polar surface area (TPSA) is 157 Å². The smallest absolute Gasteiger partial charge is 0.464 e. The molecule has 2 fully saturated rings. The molecule has 1 aromatic carbocycles. The van der Waals surface area contributed by atoms with E-state index in [1.54, 1.807) is 6.07 Å². The van der Waals surface area contributed by atoms with Gasteiger partial charge in [-0.3, -0.25) is 4.79 Å². The third kappa shape index (κ3) is 7.58. The van der Waals surface area contributed by atoms with E-state index in [4.69, 9.17) is 10.5 Å². The summed E-state index contributed by atoms with van der Waals surface area (Å²) < 4.78 is 78.8. The Morgan fingerprint density at radius 3 is 2.69 bits per heavy atom. The number of nitrogens with zero attached hydrogens (tertiary/aromatic N) is 4. The highest BCUT2D eigenvalue weighted by atomic mass is 32.2. The molecule has 2 unspecified atom stereocenters. The van der Waals surface area contributed by atoms with Crippen molar-refractivity contribution in [2.75, 3.05) is 36.9 Å². The molecule has 2 aliphatic rings. The lowest BCUT2D eigenvalue weighted by Crippen LogP contribution is -2.48. The number of fused-ring (bicyclic) bond motifs is 1. The first-order valence-corrected chi connectivity index (χ1v) is 16.8. The Balaban J connectivity index is 1.41. The van der Waals surface area contributed by atoms with Crippen LogP contribution in [-0.4, -0.2) is 79.8 Å². The SMILES string of the molecule is CCCCOC(=O)C(Cc1cc2ccnc(N)c2cc1OC(F)(F)F)N1CCC(NS(=O)(=O)c2cnc(N3CCCC3)s2)C1=O. The van der Waals surface area contributed by atoms with Gasteiger partial charge in [-0.15, -0.1) is 13.2 Å². The summed E-state index contributed by atoms with van der Waals surface area (Å²) in [6.07, 6.45) is 0.434. The molecule has 3 N–H and O–H groups in total. The van der Waals surface area contributed by atoms with Gasteiger partial charge in [0.2, 0.25) is 5.91 Å². The van der Waals surface area contributed by atoms with Crippen molar-refractivity contribution in [1.29, 1.82) is 0 Å². The molecule has 1 amide bonds. The summed E-state index contributed by atoms with van der Waals surface area (Å²) in [6, 6.07) is 1.46. The summed E-state index contributed by atoms with van der Waals surface area (Å²) in [4.78, 5) is 38.2. The summed E-state index contributed by atoms with van der Waals surface area (Å²) in [6.45, 7) is 3.45. The lowest BCUT2D eigenvalue weighted by atomic mass is 10.00. The third-order valence-corrected chi connectivity index (χ3v) is 10.6. The maximum atomic E-state index is 13.6. The van der Waals surface area contributed by atoms with Gasteiger partial charge in [0.1, 0.15) is 23.7 Å². The summed E-state index contributed by atoms with van der Waals surface area (Å²) in [5.74, 6) is -2.15. The molecule has 17 heteroatoms. The third-order valence-electron chi connectivity index (χ3n) is 7.66. The lowest BCUT2D eigenvalue weighted by Gasteiger charge is -2.27. The Bertz CT molecular complexity index is 1660. The maximum Gasteiger partial charge on any atom is 0.573 e. The van der Waals surface area contributed by atoms with Crippen LogP contribution < -0.4 is 20.1 Å². The Morgan fingerprint density at radius 2 is 1.98 bits per heavy atom. The predicted molar refractivity (Wildman–Crippen MR) is 160 cm³/mol. The van der Waals surface area contributed by atoms with Gasteiger partial charge < -0.3 is 25.0 Å². The molecule has 0 bridgehead atoms. The molecule has 2 aromatic heterocycles. The standard InChI is InChI=1S/C28H33F3N6O6S2/c1-2-3-12-42-26(39)21(14-18-13-17-6-8-33-24(32)19(17)15-22(18)43-28(29,30)31)37-11-7-20(25(37)38)35-45(40,41)23-16-34-27(44-23)36-9-4-5-10-36/h6,8,13,15-16,20-21,35H,2-5,7,9-12,14H2,1H3,(H2,32,33). The largest absolute Gasteiger partial charge is 0.573 e. The fourth-order valence-electron chi connectivity index (χ4n) is 5.39. The minimum atomic E-state index is -5.06. The van der Waals surface area contributed by atoms with Crippen LogP contribution >= 0.6 is 11.3 Å². The lowest BCUT2D eigenvalue weighted by molar-refractivity contribution is -0.274. The number of pyridine rings is 1. The molecule has 2 aliphatic heterocycles. The number of thiazole rings is 1. The quantitative estimate of drug-likeness (QED) is 0.216. The Labute approximate surface area is 261 Å². The number of hydrogen-bond donors (Lipinski definition) is 2. The van der Waals surface area contributed by atoms with Crippen LogP contribution in [0.5, 0.6) is 5.75 Å². The predicted octanol–water partition coefficient (Wildman–Crippen LogP) is 3.61. The van der Waals surface area contributed by atoms with Gasteiger partial charge in [-0.2, -0.15) is 4.72 Å². The molecule has 0 saturated carbocycles. The van der Waals surface area contributed by atoms with E-state index in [0.29, 0.717) is 23.4 Å².